The molecule has 29 heavy (non-hydrogen) atoms. The molecule has 3 aromatic rings. The fourth-order valence-electron chi connectivity index (χ4n) is 4.83. The standard InChI is InChI=1S/C21H29N7S/c1-2-18(20-23-24-25-28(20)16-8-4-3-5-9-16)26-12-14-27(15-13-26)21-22-17-10-6-7-11-19(17)29-21/h6-7,10-11,16,18H,2-5,8-9,12-15H2,1H3. The van der Waals surface area contributed by atoms with E-state index in [1.165, 1.54) is 36.8 Å². The van der Waals surface area contributed by atoms with Crippen LogP contribution in [0.4, 0.5) is 5.13 Å². The minimum absolute atomic E-state index is 0.296. The second-order valence-electron chi connectivity index (χ2n) is 8.18. The zero-order chi connectivity index (χ0) is 19.6. The normalized spacial score (nSPS) is 20.4. The Morgan fingerprint density at radius 1 is 1.07 bits per heavy atom. The van der Waals surface area contributed by atoms with Crippen LogP contribution in [0.2, 0.25) is 0 Å². The molecule has 1 aromatic carbocycles. The van der Waals surface area contributed by atoms with E-state index in [9.17, 15) is 0 Å². The van der Waals surface area contributed by atoms with Gasteiger partial charge in [-0.25, -0.2) is 9.67 Å². The smallest absolute Gasteiger partial charge is 0.186 e. The van der Waals surface area contributed by atoms with Gasteiger partial charge in [0.15, 0.2) is 11.0 Å². The Bertz CT molecular complexity index is 904. The highest BCUT2D eigenvalue weighted by atomic mass is 32.1. The highest BCUT2D eigenvalue weighted by molar-refractivity contribution is 7.22. The van der Waals surface area contributed by atoms with Crippen LogP contribution in [0.3, 0.4) is 0 Å². The molecule has 8 heteroatoms. The minimum atomic E-state index is 0.296. The highest BCUT2D eigenvalue weighted by Gasteiger charge is 2.31. The van der Waals surface area contributed by atoms with E-state index in [1.807, 2.05) is 0 Å². The summed E-state index contributed by atoms with van der Waals surface area (Å²) in [7, 11) is 0. The molecule has 3 heterocycles. The van der Waals surface area contributed by atoms with E-state index in [0.29, 0.717) is 12.1 Å². The summed E-state index contributed by atoms with van der Waals surface area (Å²) in [5.41, 5.74) is 1.10. The summed E-state index contributed by atoms with van der Waals surface area (Å²) < 4.78 is 3.41. The van der Waals surface area contributed by atoms with E-state index in [4.69, 9.17) is 4.98 Å². The lowest BCUT2D eigenvalue weighted by Gasteiger charge is -2.38. The maximum Gasteiger partial charge on any atom is 0.186 e. The summed E-state index contributed by atoms with van der Waals surface area (Å²) >= 11 is 1.80. The van der Waals surface area contributed by atoms with E-state index in [1.54, 1.807) is 11.3 Å². The monoisotopic (exact) mass is 411 g/mol. The van der Waals surface area contributed by atoms with E-state index in [-0.39, 0.29) is 0 Å². The Balaban J connectivity index is 1.29. The Morgan fingerprint density at radius 3 is 2.62 bits per heavy atom. The molecule has 1 saturated carbocycles. The molecule has 154 valence electrons. The molecule has 1 aliphatic carbocycles. The molecule has 1 saturated heterocycles. The molecule has 0 bridgehead atoms. The van der Waals surface area contributed by atoms with Gasteiger partial charge in [0.1, 0.15) is 0 Å². The first-order chi connectivity index (χ1) is 14.3. The first-order valence-electron chi connectivity index (χ1n) is 11.0. The van der Waals surface area contributed by atoms with Crippen molar-refractivity contribution >= 4 is 26.7 Å². The first-order valence-corrected chi connectivity index (χ1v) is 11.8. The van der Waals surface area contributed by atoms with Crippen molar-refractivity contribution in [3.05, 3.63) is 30.1 Å². The first kappa shape index (κ1) is 18.9. The van der Waals surface area contributed by atoms with Gasteiger partial charge in [-0.15, -0.1) is 5.10 Å². The van der Waals surface area contributed by atoms with Crippen LogP contribution in [0.1, 0.15) is 63.4 Å². The van der Waals surface area contributed by atoms with Crippen molar-refractivity contribution in [2.24, 2.45) is 0 Å². The fraction of sp³-hybridized carbons (Fsp3) is 0.619. The largest absolute Gasteiger partial charge is 0.345 e. The van der Waals surface area contributed by atoms with Crippen molar-refractivity contribution < 1.29 is 0 Å². The maximum atomic E-state index is 4.84. The van der Waals surface area contributed by atoms with Crippen LogP contribution < -0.4 is 4.90 Å². The molecule has 1 aliphatic heterocycles. The Hall–Kier alpha value is -2.06. The zero-order valence-corrected chi connectivity index (χ0v) is 17.9. The lowest BCUT2D eigenvalue weighted by Crippen LogP contribution is -2.48. The molecular weight excluding hydrogens is 382 g/mol. The average Bonchev–Trinajstić information content (AvgIpc) is 3.43. The third kappa shape index (κ3) is 3.75. The molecule has 2 aromatic heterocycles. The summed E-state index contributed by atoms with van der Waals surface area (Å²) in [6.45, 7) is 6.30. The second kappa shape index (κ2) is 8.36. The predicted octanol–water partition coefficient (Wildman–Crippen LogP) is 4.06. The van der Waals surface area contributed by atoms with Gasteiger partial charge in [0.25, 0.3) is 0 Å². The van der Waals surface area contributed by atoms with E-state index in [0.717, 1.165) is 49.1 Å². The van der Waals surface area contributed by atoms with Gasteiger partial charge in [-0.1, -0.05) is 49.7 Å². The average molecular weight is 412 g/mol. The van der Waals surface area contributed by atoms with E-state index < -0.39 is 0 Å². The molecule has 0 spiro atoms. The van der Waals surface area contributed by atoms with Gasteiger partial charge in [-0.05, 0) is 41.8 Å². The summed E-state index contributed by atoms with van der Waals surface area (Å²) in [6, 6.07) is 9.18. The minimum Gasteiger partial charge on any atom is -0.345 e. The lowest BCUT2D eigenvalue weighted by molar-refractivity contribution is 0.163. The molecular formula is C21H29N7S. The summed E-state index contributed by atoms with van der Waals surface area (Å²) in [4.78, 5) is 9.83. The highest BCUT2D eigenvalue weighted by Crippen LogP contribution is 2.33. The second-order valence-corrected chi connectivity index (χ2v) is 9.19. The zero-order valence-electron chi connectivity index (χ0n) is 17.1. The number of nitrogens with zero attached hydrogens (tertiary/aromatic N) is 7. The Morgan fingerprint density at radius 2 is 1.86 bits per heavy atom. The number of thiazole rings is 1. The number of piperazine rings is 1. The van der Waals surface area contributed by atoms with Crippen LogP contribution in [0, 0.1) is 0 Å². The number of tetrazole rings is 1. The third-order valence-corrected chi connectivity index (χ3v) is 7.53. The van der Waals surface area contributed by atoms with Crippen LogP contribution in [-0.4, -0.2) is 56.3 Å². The van der Waals surface area contributed by atoms with Crippen molar-refractivity contribution in [2.45, 2.75) is 57.5 Å². The van der Waals surface area contributed by atoms with Gasteiger partial charge in [-0.3, -0.25) is 4.90 Å². The Kier molecular flexibility index (Phi) is 5.46. The van der Waals surface area contributed by atoms with Gasteiger partial charge in [0.2, 0.25) is 0 Å². The quantitative estimate of drug-likeness (QED) is 0.631. The lowest BCUT2D eigenvalue weighted by atomic mass is 9.95. The van der Waals surface area contributed by atoms with Gasteiger partial charge in [0.05, 0.1) is 22.3 Å². The van der Waals surface area contributed by atoms with Crippen molar-refractivity contribution in [1.29, 1.82) is 0 Å². The van der Waals surface area contributed by atoms with Crippen molar-refractivity contribution in [2.75, 3.05) is 31.1 Å². The van der Waals surface area contributed by atoms with Crippen LogP contribution in [0.15, 0.2) is 24.3 Å². The van der Waals surface area contributed by atoms with Crippen LogP contribution >= 0.6 is 11.3 Å². The van der Waals surface area contributed by atoms with Crippen LogP contribution in [-0.2, 0) is 0 Å². The van der Waals surface area contributed by atoms with Crippen molar-refractivity contribution in [1.82, 2.24) is 30.1 Å². The van der Waals surface area contributed by atoms with Gasteiger partial charge in [0, 0.05) is 26.2 Å². The molecule has 2 fully saturated rings. The summed E-state index contributed by atoms with van der Waals surface area (Å²) in [5.74, 6) is 1.06. The molecule has 0 N–H and O–H groups in total. The number of fused-ring (bicyclic) bond motifs is 1. The van der Waals surface area contributed by atoms with E-state index in [2.05, 4.69) is 61.2 Å². The Labute approximate surface area is 175 Å². The van der Waals surface area contributed by atoms with Crippen molar-refractivity contribution in [3.63, 3.8) is 0 Å². The van der Waals surface area contributed by atoms with Gasteiger partial charge >= 0.3 is 0 Å². The number of hydrogen-bond donors (Lipinski definition) is 0. The summed E-state index contributed by atoms with van der Waals surface area (Å²) in [6.07, 6.45) is 7.38. The number of rotatable bonds is 5. The molecule has 0 radical (unpaired) electrons. The number of anilines is 1. The van der Waals surface area contributed by atoms with E-state index >= 15 is 0 Å². The molecule has 2 aliphatic rings. The van der Waals surface area contributed by atoms with Crippen LogP contribution in [0.25, 0.3) is 10.2 Å². The number of hydrogen-bond acceptors (Lipinski definition) is 7. The number of benzene rings is 1. The van der Waals surface area contributed by atoms with Gasteiger partial charge < -0.3 is 4.90 Å². The molecule has 7 nitrogen and oxygen atoms in total. The SMILES string of the molecule is CCC(c1nnnn1C1CCCCC1)N1CCN(c2nc3ccccc3s2)CC1. The summed E-state index contributed by atoms with van der Waals surface area (Å²) in [5, 5.41) is 14.1. The topological polar surface area (TPSA) is 63.0 Å². The van der Waals surface area contributed by atoms with Crippen molar-refractivity contribution in [3.8, 4) is 0 Å². The third-order valence-electron chi connectivity index (χ3n) is 6.43. The number of aromatic nitrogens is 5. The molecule has 5 rings (SSSR count). The molecule has 1 atom stereocenters. The molecule has 0 amide bonds. The maximum absolute atomic E-state index is 4.84. The number of para-hydroxylation sites is 1. The van der Waals surface area contributed by atoms with Crippen LogP contribution in [0.5, 0.6) is 0 Å². The fourth-order valence-corrected chi connectivity index (χ4v) is 5.85. The van der Waals surface area contributed by atoms with Gasteiger partial charge in [-0.2, -0.15) is 0 Å². The predicted molar refractivity (Wildman–Crippen MR) is 116 cm³/mol. The molecule has 1 unspecified atom stereocenters.